The van der Waals surface area contributed by atoms with Crippen LogP contribution in [-0.4, -0.2) is 17.2 Å². The molecule has 0 aliphatic rings. The number of aromatic nitrogens is 2. The van der Waals surface area contributed by atoms with Crippen molar-refractivity contribution in [2.45, 2.75) is 6.54 Å². The number of benzene rings is 1. The van der Waals surface area contributed by atoms with Crippen LogP contribution in [0.25, 0.3) is 10.8 Å². The molecule has 0 spiro atoms. The fourth-order valence-corrected chi connectivity index (χ4v) is 2.93. The molecule has 0 radical (unpaired) electrons. The van der Waals surface area contributed by atoms with Gasteiger partial charge < -0.3 is 4.90 Å². The maximum atomic E-state index is 6.09. The van der Waals surface area contributed by atoms with E-state index in [1.807, 2.05) is 31.3 Å². The highest BCUT2D eigenvalue weighted by Crippen LogP contribution is 2.28. The summed E-state index contributed by atoms with van der Waals surface area (Å²) >= 11 is 7.79. The van der Waals surface area contributed by atoms with E-state index in [0.717, 1.165) is 23.1 Å². The van der Waals surface area contributed by atoms with Crippen LogP contribution in [0.2, 0.25) is 5.15 Å². The Bertz CT molecular complexity index is 697. The predicted octanol–water partition coefficient (Wildman–Crippen LogP) is 3.98. The normalized spacial score (nSPS) is 10.8. The third-order valence-corrected chi connectivity index (χ3v) is 4.00. The summed E-state index contributed by atoms with van der Waals surface area (Å²) in [4.78, 5) is 2.09. The van der Waals surface area contributed by atoms with Gasteiger partial charge in [-0.2, -0.15) is 11.3 Å². The highest BCUT2D eigenvalue weighted by molar-refractivity contribution is 7.07. The second-order valence-electron chi connectivity index (χ2n) is 4.35. The molecule has 0 aliphatic carbocycles. The first-order valence-electron chi connectivity index (χ1n) is 5.89. The van der Waals surface area contributed by atoms with Crippen molar-refractivity contribution in [3.63, 3.8) is 0 Å². The van der Waals surface area contributed by atoms with Crippen LogP contribution in [0.3, 0.4) is 0 Å². The zero-order valence-electron chi connectivity index (χ0n) is 10.4. The fraction of sp³-hybridized carbons (Fsp3) is 0.143. The van der Waals surface area contributed by atoms with Gasteiger partial charge in [0.25, 0.3) is 0 Å². The van der Waals surface area contributed by atoms with Crippen LogP contribution in [0.15, 0.2) is 41.1 Å². The number of rotatable bonds is 3. The summed E-state index contributed by atoms with van der Waals surface area (Å²) in [5.41, 5.74) is 1.27. The Labute approximate surface area is 120 Å². The summed E-state index contributed by atoms with van der Waals surface area (Å²) in [7, 11) is 2.02. The molecule has 0 amide bonds. The van der Waals surface area contributed by atoms with Crippen molar-refractivity contribution >= 4 is 39.5 Å². The molecule has 2 heterocycles. The summed E-state index contributed by atoms with van der Waals surface area (Å²) in [5.74, 6) is 0.853. The molecule has 0 aliphatic heterocycles. The summed E-state index contributed by atoms with van der Waals surface area (Å²) in [6.07, 6.45) is 0. The summed E-state index contributed by atoms with van der Waals surface area (Å²) in [6, 6.07) is 10.1. The van der Waals surface area contributed by atoms with Crippen LogP contribution in [0.1, 0.15) is 5.56 Å². The zero-order chi connectivity index (χ0) is 13.2. The van der Waals surface area contributed by atoms with E-state index in [1.165, 1.54) is 5.56 Å². The Morgan fingerprint density at radius 1 is 1.16 bits per heavy atom. The lowest BCUT2D eigenvalue weighted by Crippen LogP contribution is -2.18. The lowest BCUT2D eigenvalue weighted by atomic mass is 10.2. The number of hydrogen-bond donors (Lipinski definition) is 0. The van der Waals surface area contributed by atoms with E-state index in [4.69, 9.17) is 11.6 Å². The van der Waals surface area contributed by atoms with Crippen LogP contribution in [0.5, 0.6) is 0 Å². The quantitative estimate of drug-likeness (QED) is 0.730. The number of hydrogen-bond acceptors (Lipinski definition) is 4. The second-order valence-corrected chi connectivity index (χ2v) is 5.49. The van der Waals surface area contributed by atoms with Gasteiger partial charge in [0.1, 0.15) is 0 Å². The molecule has 96 valence electrons. The molecule has 3 aromatic rings. The summed E-state index contributed by atoms with van der Waals surface area (Å²) in [6.45, 7) is 0.809. The molecule has 0 atom stereocenters. The Kier molecular flexibility index (Phi) is 3.36. The van der Waals surface area contributed by atoms with Crippen molar-refractivity contribution in [2.24, 2.45) is 0 Å². The first-order valence-corrected chi connectivity index (χ1v) is 7.21. The van der Waals surface area contributed by atoms with Gasteiger partial charge in [-0.3, -0.25) is 0 Å². The van der Waals surface area contributed by atoms with E-state index >= 15 is 0 Å². The number of nitrogens with zero attached hydrogens (tertiary/aromatic N) is 3. The van der Waals surface area contributed by atoms with Gasteiger partial charge in [0.2, 0.25) is 0 Å². The molecule has 0 bridgehead atoms. The molecule has 0 fully saturated rings. The Morgan fingerprint density at radius 2 is 1.95 bits per heavy atom. The summed E-state index contributed by atoms with van der Waals surface area (Å²) < 4.78 is 0. The minimum Gasteiger partial charge on any atom is -0.353 e. The SMILES string of the molecule is CN(Cc1ccsc1)c1nnc(Cl)c2ccccc12. The first-order chi connectivity index (χ1) is 9.25. The van der Waals surface area contributed by atoms with Crippen molar-refractivity contribution < 1.29 is 0 Å². The average Bonchev–Trinajstić information content (AvgIpc) is 2.92. The monoisotopic (exact) mass is 289 g/mol. The fourth-order valence-electron chi connectivity index (χ4n) is 2.07. The standard InChI is InChI=1S/C14H12ClN3S/c1-18(8-10-6-7-19-9-10)14-12-5-3-2-4-11(12)13(15)16-17-14/h2-7,9H,8H2,1H3. The van der Waals surface area contributed by atoms with Gasteiger partial charge in [0.15, 0.2) is 11.0 Å². The molecule has 3 nitrogen and oxygen atoms in total. The number of thiophene rings is 1. The Balaban J connectivity index is 2.03. The maximum absolute atomic E-state index is 6.09. The number of fused-ring (bicyclic) bond motifs is 1. The highest BCUT2D eigenvalue weighted by atomic mass is 35.5. The topological polar surface area (TPSA) is 29.0 Å². The summed E-state index contributed by atoms with van der Waals surface area (Å²) in [5, 5.41) is 14.9. The van der Waals surface area contributed by atoms with Gasteiger partial charge in [-0.1, -0.05) is 35.9 Å². The minimum absolute atomic E-state index is 0.447. The minimum atomic E-state index is 0.447. The highest BCUT2D eigenvalue weighted by Gasteiger charge is 2.11. The molecular weight excluding hydrogens is 278 g/mol. The third kappa shape index (κ3) is 2.41. The first kappa shape index (κ1) is 12.4. The maximum Gasteiger partial charge on any atom is 0.159 e. The van der Waals surface area contributed by atoms with Crippen molar-refractivity contribution in [1.29, 1.82) is 0 Å². The van der Waals surface area contributed by atoms with Gasteiger partial charge in [0, 0.05) is 24.4 Å². The molecule has 5 heteroatoms. The Hall–Kier alpha value is -1.65. The molecule has 3 rings (SSSR count). The lowest BCUT2D eigenvalue weighted by Gasteiger charge is -2.18. The molecule has 0 unspecified atom stereocenters. The van der Waals surface area contributed by atoms with Crippen LogP contribution < -0.4 is 4.90 Å². The van der Waals surface area contributed by atoms with Crippen LogP contribution >= 0.6 is 22.9 Å². The third-order valence-electron chi connectivity index (χ3n) is 2.98. The zero-order valence-corrected chi connectivity index (χ0v) is 11.9. The second kappa shape index (κ2) is 5.15. The molecule has 0 saturated heterocycles. The van der Waals surface area contributed by atoms with Gasteiger partial charge in [-0.05, 0) is 22.4 Å². The van der Waals surface area contributed by atoms with Crippen LogP contribution in [-0.2, 0) is 6.54 Å². The van der Waals surface area contributed by atoms with Crippen molar-refractivity contribution in [3.05, 3.63) is 51.8 Å². The van der Waals surface area contributed by atoms with E-state index in [-0.39, 0.29) is 0 Å². The molecule has 19 heavy (non-hydrogen) atoms. The molecule has 0 N–H and O–H groups in total. The van der Waals surface area contributed by atoms with Crippen molar-refractivity contribution in [1.82, 2.24) is 10.2 Å². The molecule has 0 saturated carbocycles. The predicted molar refractivity (Wildman–Crippen MR) is 81.0 cm³/mol. The number of halogens is 1. The van der Waals surface area contributed by atoms with Crippen molar-refractivity contribution in [2.75, 3.05) is 11.9 Å². The van der Waals surface area contributed by atoms with E-state index in [0.29, 0.717) is 5.15 Å². The van der Waals surface area contributed by atoms with Crippen LogP contribution in [0.4, 0.5) is 5.82 Å². The molecule has 2 aromatic heterocycles. The van der Waals surface area contributed by atoms with E-state index in [2.05, 4.69) is 31.9 Å². The smallest absolute Gasteiger partial charge is 0.159 e. The van der Waals surface area contributed by atoms with E-state index in [9.17, 15) is 0 Å². The van der Waals surface area contributed by atoms with Gasteiger partial charge in [-0.25, -0.2) is 0 Å². The average molecular weight is 290 g/mol. The van der Waals surface area contributed by atoms with Gasteiger partial charge in [-0.15, -0.1) is 10.2 Å². The molecular formula is C14H12ClN3S. The Morgan fingerprint density at radius 3 is 2.68 bits per heavy atom. The van der Waals surface area contributed by atoms with Crippen LogP contribution in [0, 0.1) is 0 Å². The van der Waals surface area contributed by atoms with E-state index in [1.54, 1.807) is 11.3 Å². The van der Waals surface area contributed by atoms with Gasteiger partial charge >= 0.3 is 0 Å². The molecule has 1 aromatic carbocycles. The lowest BCUT2D eigenvalue weighted by molar-refractivity contribution is 0.879. The number of anilines is 1. The van der Waals surface area contributed by atoms with Gasteiger partial charge in [0.05, 0.1) is 0 Å². The van der Waals surface area contributed by atoms with Crippen molar-refractivity contribution in [3.8, 4) is 0 Å². The largest absolute Gasteiger partial charge is 0.353 e. The van der Waals surface area contributed by atoms with E-state index < -0.39 is 0 Å².